The van der Waals surface area contributed by atoms with Gasteiger partial charge in [-0.1, -0.05) is 0 Å². The van der Waals surface area contributed by atoms with Gasteiger partial charge in [0.05, 0.1) is 5.69 Å². The van der Waals surface area contributed by atoms with Gasteiger partial charge in [-0.25, -0.2) is 13.8 Å². The van der Waals surface area contributed by atoms with Gasteiger partial charge in [0.1, 0.15) is 0 Å². The lowest BCUT2D eigenvalue weighted by Crippen LogP contribution is -2.09. The van der Waals surface area contributed by atoms with Crippen LogP contribution in [0.4, 0.5) is 20.4 Å². The van der Waals surface area contributed by atoms with Gasteiger partial charge in [0.25, 0.3) is 0 Å². The molecule has 0 saturated carbocycles. The molecular weight excluding hydrogens is 264 g/mol. The zero-order valence-corrected chi connectivity index (χ0v) is 11.7. The second-order valence-electron chi connectivity index (χ2n) is 4.45. The van der Waals surface area contributed by atoms with Crippen molar-refractivity contribution in [2.24, 2.45) is 7.05 Å². The van der Waals surface area contributed by atoms with Gasteiger partial charge < -0.3 is 10.6 Å². The van der Waals surface area contributed by atoms with Gasteiger partial charge in [-0.3, -0.25) is 4.68 Å². The molecule has 0 atom stereocenters. The molecule has 0 aliphatic rings. The van der Waals surface area contributed by atoms with E-state index in [1.807, 2.05) is 27.1 Å². The smallest absolute Gasteiger partial charge is 0.168 e. The molecule has 7 heteroatoms. The summed E-state index contributed by atoms with van der Waals surface area (Å²) in [5, 5.41) is 9.81. The van der Waals surface area contributed by atoms with Gasteiger partial charge in [-0.05, 0) is 13.8 Å². The molecular formula is C13H17F2N5. The monoisotopic (exact) mass is 281 g/mol. The maximum absolute atomic E-state index is 13.7. The average molecular weight is 281 g/mol. The third-order valence-corrected chi connectivity index (χ3v) is 2.84. The summed E-state index contributed by atoms with van der Waals surface area (Å²) >= 11 is 0. The Kier molecular flexibility index (Phi) is 4.16. The third-order valence-electron chi connectivity index (χ3n) is 2.84. The molecule has 0 amide bonds. The van der Waals surface area contributed by atoms with Gasteiger partial charge in [0, 0.05) is 38.0 Å². The first kappa shape index (κ1) is 14.2. The van der Waals surface area contributed by atoms with Crippen LogP contribution in [0, 0.1) is 18.6 Å². The zero-order valence-electron chi connectivity index (χ0n) is 11.7. The summed E-state index contributed by atoms with van der Waals surface area (Å²) in [5.74, 6) is -1.36. The minimum atomic E-state index is -0.717. The van der Waals surface area contributed by atoms with Crippen molar-refractivity contribution in [3.05, 3.63) is 35.2 Å². The molecule has 0 unspecified atom stereocenters. The molecule has 0 radical (unpaired) electrons. The lowest BCUT2D eigenvalue weighted by Gasteiger charge is -2.10. The highest BCUT2D eigenvalue weighted by atomic mass is 19.1. The van der Waals surface area contributed by atoms with E-state index < -0.39 is 11.6 Å². The predicted octanol–water partition coefficient (Wildman–Crippen LogP) is 2.45. The highest BCUT2D eigenvalue weighted by Gasteiger charge is 2.12. The van der Waals surface area contributed by atoms with Crippen molar-refractivity contribution < 1.29 is 8.78 Å². The van der Waals surface area contributed by atoms with Gasteiger partial charge >= 0.3 is 0 Å². The van der Waals surface area contributed by atoms with Crippen LogP contribution in [0.3, 0.4) is 0 Å². The Morgan fingerprint density at radius 1 is 1.20 bits per heavy atom. The van der Waals surface area contributed by atoms with E-state index in [1.54, 1.807) is 4.68 Å². The molecule has 0 aliphatic carbocycles. The Labute approximate surface area is 116 Å². The van der Waals surface area contributed by atoms with Gasteiger partial charge in [-0.2, -0.15) is 5.10 Å². The van der Waals surface area contributed by atoms with Crippen LogP contribution in [0.15, 0.2) is 12.3 Å². The van der Waals surface area contributed by atoms with E-state index in [0.29, 0.717) is 13.1 Å². The summed E-state index contributed by atoms with van der Waals surface area (Å²) in [4.78, 5) is 3.91. The number of aromatic nitrogens is 3. The Hall–Kier alpha value is -2.18. The lowest BCUT2D eigenvalue weighted by molar-refractivity contribution is 0.578. The molecule has 20 heavy (non-hydrogen) atoms. The first-order valence-electron chi connectivity index (χ1n) is 6.34. The highest BCUT2D eigenvalue weighted by molar-refractivity contribution is 5.47. The highest BCUT2D eigenvalue weighted by Crippen LogP contribution is 2.19. The molecule has 0 bridgehead atoms. The van der Waals surface area contributed by atoms with E-state index in [4.69, 9.17) is 0 Å². The second kappa shape index (κ2) is 5.85. The van der Waals surface area contributed by atoms with Crippen molar-refractivity contribution in [3.63, 3.8) is 0 Å². The fraction of sp³-hybridized carbons (Fsp3) is 0.385. The van der Waals surface area contributed by atoms with E-state index in [2.05, 4.69) is 20.7 Å². The van der Waals surface area contributed by atoms with Crippen molar-refractivity contribution in [1.82, 2.24) is 14.8 Å². The number of anilines is 2. The van der Waals surface area contributed by atoms with Crippen LogP contribution in [0.25, 0.3) is 0 Å². The third kappa shape index (κ3) is 3.04. The molecule has 2 rings (SSSR count). The Morgan fingerprint density at radius 2 is 1.85 bits per heavy atom. The Bertz CT molecular complexity index is 609. The van der Waals surface area contributed by atoms with Gasteiger partial charge in [-0.15, -0.1) is 0 Å². The maximum atomic E-state index is 13.7. The van der Waals surface area contributed by atoms with Crippen LogP contribution >= 0.6 is 0 Å². The number of pyridine rings is 1. The summed E-state index contributed by atoms with van der Waals surface area (Å²) in [6.45, 7) is 4.57. The average Bonchev–Trinajstić information content (AvgIpc) is 2.70. The Morgan fingerprint density at radius 3 is 2.40 bits per heavy atom. The van der Waals surface area contributed by atoms with Crippen LogP contribution in [-0.4, -0.2) is 21.3 Å². The quantitative estimate of drug-likeness (QED) is 0.884. The van der Waals surface area contributed by atoms with Crippen molar-refractivity contribution in [2.75, 3.05) is 17.2 Å². The fourth-order valence-corrected chi connectivity index (χ4v) is 1.88. The van der Waals surface area contributed by atoms with Crippen LogP contribution in [-0.2, 0) is 13.6 Å². The molecule has 0 fully saturated rings. The van der Waals surface area contributed by atoms with Crippen molar-refractivity contribution in [1.29, 1.82) is 0 Å². The van der Waals surface area contributed by atoms with E-state index in [0.717, 1.165) is 17.3 Å². The minimum absolute atomic E-state index is 0.0191. The summed E-state index contributed by atoms with van der Waals surface area (Å²) in [7, 11) is 1.82. The molecule has 0 aromatic carbocycles. The molecule has 0 aliphatic heterocycles. The van der Waals surface area contributed by atoms with Crippen LogP contribution in [0.5, 0.6) is 0 Å². The number of nitrogens with zero attached hydrogens (tertiary/aromatic N) is 3. The Balaban J connectivity index is 2.16. The number of halogens is 2. The lowest BCUT2D eigenvalue weighted by atomic mass is 10.2. The van der Waals surface area contributed by atoms with Crippen molar-refractivity contribution in [3.8, 4) is 0 Å². The molecule has 108 valence electrons. The van der Waals surface area contributed by atoms with E-state index in [9.17, 15) is 8.78 Å². The molecule has 2 aromatic rings. The largest absolute Gasteiger partial charge is 0.368 e. The van der Waals surface area contributed by atoms with E-state index in [-0.39, 0.29) is 11.6 Å². The summed E-state index contributed by atoms with van der Waals surface area (Å²) < 4.78 is 28.8. The number of hydrogen-bond donors (Lipinski definition) is 2. The number of aryl methyl sites for hydroxylation is 2. The summed E-state index contributed by atoms with van der Waals surface area (Å²) in [5.41, 5.74) is 1.79. The van der Waals surface area contributed by atoms with Gasteiger partial charge in [0.15, 0.2) is 23.3 Å². The first-order chi connectivity index (χ1) is 9.51. The summed E-state index contributed by atoms with van der Waals surface area (Å²) in [6.07, 6.45) is 1.84. The molecule has 0 spiro atoms. The molecule has 0 saturated heterocycles. The normalized spacial score (nSPS) is 10.7. The first-order valence-corrected chi connectivity index (χ1v) is 6.34. The van der Waals surface area contributed by atoms with Crippen molar-refractivity contribution >= 4 is 11.6 Å². The number of nitrogens with one attached hydrogen (secondary N) is 2. The van der Waals surface area contributed by atoms with E-state index in [1.165, 1.54) is 0 Å². The minimum Gasteiger partial charge on any atom is -0.368 e. The number of hydrogen-bond acceptors (Lipinski definition) is 4. The van der Waals surface area contributed by atoms with Crippen LogP contribution < -0.4 is 10.6 Å². The SMILES string of the molecule is CCNc1nc(NCc2cn(C)nc2C)c(F)cc1F. The van der Waals surface area contributed by atoms with Crippen LogP contribution in [0.2, 0.25) is 0 Å². The molecule has 2 N–H and O–H groups in total. The molecule has 2 aromatic heterocycles. The van der Waals surface area contributed by atoms with E-state index >= 15 is 0 Å². The second-order valence-corrected chi connectivity index (χ2v) is 4.45. The molecule has 5 nitrogen and oxygen atoms in total. The molecule has 2 heterocycles. The number of rotatable bonds is 5. The summed E-state index contributed by atoms with van der Waals surface area (Å²) in [6, 6.07) is 0.823. The van der Waals surface area contributed by atoms with Crippen LogP contribution in [0.1, 0.15) is 18.2 Å². The zero-order chi connectivity index (χ0) is 14.7. The standard InChI is InChI=1S/C13H17F2N5/c1-4-16-12-10(14)5-11(15)13(18-12)17-6-9-7-20(3)19-8(9)2/h5,7H,4,6H2,1-3H3,(H2,16,17,18). The van der Waals surface area contributed by atoms with Gasteiger partial charge in [0.2, 0.25) is 0 Å². The van der Waals surface area contributed by atoms with Crippen molar-refractivity contribution in [2.45, 2.75) is 20.4 Å². The maximum Gasteiger partial charge on any atom is 0.168 e. The fourth-order valence-electron chi connectivity index (χ4n) is 1.88. The predicted molar refractivity (Wildman–Crippen MR) is 73.6 cm³/mol. The topological polar surface area (TPSA) is 54.8 Å².